The van der Waals surface area contributed by atoms with Crippen LogP contribution in [0.3, 0.4) is 0 Å². The largest absolute Gasteiger partial charge is 0.292 e. The van der Waals surface area contributed by atoms with E-state index in [2.05, 4.69) is 0 Å². The lowest BCUT2D eigenvalue weighted by Crippen LogP contribution is -2.39. The number of hydrogen-bond donors (Lipinski definition) is 0. The second-order valence-electron chi connectivity index (χ2n) is 5.13. The van der Waals surface area contributed by atoms with E-state index in [4.69, 9.17) is 0 Å². The third-order valence-corrected chi connectivity index (χ3v) is 5.18. The normalized spacial score (nSPS) is 11.0. The maximum absolute atomic E-state index is 12.6. The van der Waals surface area contributed by atoms with Gasteiger partial charge < -0.3 is 0 Å². The van der Waals surface area contributed by atoms with Crippen LogP contribution in [0.1, 0.15) is 22.8 Å². The first-order valence-electron chi connectivity index (χ1n) is 7.00. The van der Waals surface area contributed by atoms with E-state index < -0.39 is 28.3 Å². The smallest absolute Gasteiger partial charge is 0.266 e. The van der Waals surface area contributed by atoms with Crippen molar-refractivity contribution in [3.63, 3.8) is 0 Å². The molecule has 6 heteroatoms. The number of Topliss-reactive ketones (excluding diaryl/α,β-unsaturated/α-hetero) is 1. The Morgan fingerprint density at radius 3 is 2.04 bits per heavy atom. The molecule has 5 nitrogen and oxygen atoms in total. The van der Waals surface area contributed by atoms with Crippen molar-refractivity contribution < 1.29 is 18.0 Å². The molecule has 0 aromatic heterocycles. The highest BCUT2D eigenvalue weighted by atomic mass is 32.2. The zero-order valence-electron chi connectivity index (χ0n) is 12.9. The van der Waals surface area contributed by atoms with Gasteiger partial charge in [-0.15, -0.1) is 0 Å². The number of amides is 1. The minimum Gasteiger partial charge on any atom is -0.292 e. The van der Waals surface area contributed by atoms with Crippen LogP contribution in [0.15, 0.2) is 59.5 Å². The number of carbonyl (C=O) groups excluding carboxylic acids is 2. The van der Waals surface area contributed by atoms with Crippen molar-refractivity contribution in [3.05, 3.63) is 65.7 Å². The topological polar surface area (TPSA) is 71.5 Å². The molecule has 0 aliphatic heterocycles. The molecule has 1 amide bonds. The summed E-state index contributed by atoms with van der Waals surface area (Å²) in [5.74, 6) is -1.13. The molecule has 0 aliphatic carbocycles. The zero-order chi connectivity index (χ0) is 17.0. The molecule has 0 atom stereocenters. The van der Waals surface area contributed by atoms with Crippen LogP contribution in [-0.4, -0.2) is 31.0 Å². The Hall–Kier alpha value is -2.47. The number of sulfonamides is 1. The van der Waals surface area contributed by atoms with Gasteiger partial charge in [-0.05, 0) is 19.1 Å². The molecule has 2 aromatic carbocycles. The Morgan fingerprint density at radius 2 is 1.52 bits per heavy atom. The van der Waals surface area contributed by atoms with Gasteiger partial charge in [-0.1, -0.05) is 48.0 Å². The van der Waals surface area contributed by atoms with Crippen molar-refractivity contribution >= 4 is 21.7 Å². The molecule has 120 valence electrons. The molecule has 0 fully saturated rings. The molecule has 0 bridgehead atoms. The van der Waals surface area contributed by atoms with Gasteiger partial charge >= 0.3 is 0 Å². The molecule has 0 radical (unpaired) electrons. The maximum atomic E-state index is 12.6. The Morgan fingerprint density at radius 1 is 0.957 bits per heavy atom. The standard InChI is InChI=1S/C17H17NO4S/c1-13-8-10-16(11-9-13)23(21,22)18(14(2)19)12-17(20)15-6-4-3-5-7-15/h3-11H,12H2,1-2H3. The van der Waals surface area contributed by atoms with Gasteiger partial charge in [0.05, 0.1) is 4.90 Å². The fourth-order valence-electron chi connectivity index (χ4n) is 2.05. The number of benzene rings is 2. The van der Waals surface area contributed by atoms with Crippen LogP contribution >= 0.6 is 0 Å². The summed E-state index contributed by atoms with van der Waals surface area (Å²) >= 11 is 0. The lowest BCUT2D eigenvalue weighted by atomic mass is 10.1. The molecule has 0 unspecified atom stereocenters. The lowest BCUT2D eigenvalue weighted by molar-refractivity contribution is -0.123. The summed E-state index contributed by atoms with van der Waals surface area (Å²) < 4.78 is 25.8. The van der Waals surface area contributed by atoms with E-state index in [0.29, 0.717) is 9.87 Å². The van der Waals surface area contributed by atoms with Crippen LogP contribution in [0, 0.1) is 6.92 Å². The van der Waals surface area contributed by atoms with Crippen LogP contribution in [0.2, 0.25) is 0 Å². The lowest BCUT2D eigenvalue weighted by Gasteiger charge is -2.20. The minimum atomic E-state index is -4.06. The Bertz CT molecular complexity index is 811. The van der Waals surface area contributed by atoms with Crippen molar-refractivity contribution in [2.75, 3.05) is 6.54 Å². The third kappa shape index (κ3) is 3.84. The van der Waals surface area contributed by atoms with Crippen molar-refractivity contribution in [2.45, 2.75) is 18.7 Å². The molecule has 0 aliphatic rings. The molecule has 0 saturated carbocycles. The van der Waals surface area contributed by atoms with E-state index >= 15 is 0 Å². The summed E-state index contributed by atoms with van der Waals surface area (Å²) in [6, 6.07) is 14.4. The second-order valence-corrected chi connectivity index (χ2v) is 7.00. The van der Waals surface area contributed by atoms with Crippen LogP contribution in [0.5, 0.6) is 0 Å². The Kier molecular flexibility index (Phi) is 4.95. The van der Waals surface area contributed by atoms with Gasteiger partial charge in [0.15, 0.2) is 5.78 Å². The van der Waals surface area contributed by atoms with Crippen LogP contribution in [0.4, 0.5) is 0 Å². The van der Waals surface area contributed by atoms with E-state index in [1.807, 2.05) is 6.92 Å². The number of rotatable bonds is 5. The van der Waals surface area contributed by atoms with E-state index in [9.17, 15) is 18.0 Å². The van der Waals surface area contributed by atoms with Gasteiger partial charge in [-0.25, -0.2) is 12.7 Å². The summed E-state index contributed by atoms with van der Waals surface area (Å²) in [5, 5.41) is 0. The minimum absolute atomic E-state index is 0.0147. The predicted octanol–water partition coefficient (Wildman–Crippen LogP) is 2.42. The van der Waals surface area contributed by atoms with Crippen LogP contribution in [0.25, 0.3) is 0 Å². The summed E-state index contributed by atoms with van der Waals surface area (Å²) in [6.45, 7) is 2.44. The molecule has 23 heavy (non-hydrogen) atoms. The van der Waals surface area contributed by atoms with Gasteiger partial charge in [-0.2, -0.15) is 0 Å². The number of carbonyl (C=O) groups is 2. The highest BCUT2D eigenvalue weighted by Crippen LogP contribution is 2.17. The van der Waals surface area contributed by atoms with Crippen LogP contribution < -0.4 is 0 Å². The molecule has 0 heterocycles. The van der Waals surface area contributed by atoms with E-state index in [0.717, 1.165) is 12.5 Å². The maximum Gasteiger partial charge on any atom is 0.266 e. The van der Waals surface area contributed by atoms with Gasteiger partial charge in [0.1, 0.15) is 6.54 Å². The second kappa shape index (κ2) is 6.75. The fourth-order valence-corrected chi connectivity index (χ4v) is 3.41. The van der Waals surface area contributed by atoms with Gasteiger partial charge in [0.25, 0.3) is 10.0 Å². The van der Waals surface area contributed by atoms with Crippen molar-refractivity contribution in [1.82, 2.24) is 4.31 Å². The highest BCUT2D eigenvalue weighted by molar-refractivity contribution is 7.89. The van der Waals surface area contributed by atoms with Crippen molar-refractivity contribution in [2.24, 2.45) is 0 Å². The van der Waals surface area contributed by atoms with E-state index in [1.54, 1.807) is 42.5 Å². The summed E-state index contributed by atoms with van der Waals surface area (Å²) in [7, 11) is -4.06. The van der Waals surface area contributed by atoms with Gasteiger partial charge in [-0.3, -0.25) is 9.59 Å². The molecule has 2 aromatic rings. The summed E-state index contributed by atoms with van der Waals surface area (Å²) in [4.78, 5) is 24.0. The van der Waals surface area contributed by atoms with E-state index in [1.165, 1.54) is 12.1 Å². The SMILES string of the molecule is CC(=O)N(CC(=O)c1ccccc1)S(=O)(=O)c1ccc(C)cc1. The van der Waals surface area contributed by atoms with Gasteiger partial charge in [0.2, 0.25) is 5.91 Å². The average Bonchev–Trinajstić information content (AvgIpc) is 2.53. The molecular weight excluding hydrogens is 314 g/mol. The molecule has 2 rings (SSSR count). The third-order valence-electron chi connectivity index (χ3n) is 3.34. The van der Waals surface area contributed by atoms with Crippen molar-refractivity contribution in [3.8, 4) is 0 Å². The summed E-state index contributed by atoms with van der Waals surface area (Å²) in [5.41, 5.74) is 1.26. The number of aryl methyl sites for hydroxylation is 1. The molecule has 0 N–H and O–H groups in total. The van der Waals surface area contributed by atoms with Crippen LogP contribution in [-0.2, 0) is 14.8 Å². The number of hydrogen-bond acceptors (Lipinski definition) is 4. The molecule has 0 spiro atoms. The van der Waals surface area contributed by atoms with Crippen molar-refractivity contribution in [1.29, 1.82) is 0 Å². The summed E-state index contributed by atoms with van der Waals surface area (Å²) in [6.07, 6.45) is 0. The first-order chi connectivity index (χ1) is 10.8. The average molecular weight is 331 g/mol. The molecular formula is C17H17NO4S. The number of ketones is 1. The van der Waals surface area contributed by atoms with E-state index in [-0.39, 0.29) is 4.90 Å². The highest BCUT2D eigenvalue weighted by Gasteiger charge is 2.29. The monoisotopic (exact) mass is 331 g/mol. The Balaban J connectivity index is 2.33. The molecule has 0 saturated heterocycles. The quantitative estimate of drug-likeness (QED) is 0.789. The van der Waals surface area contributed by atoms with Gasteiger partial charge in [0, 0.05) is 12.5 Å². The number of nitrogens with zero attached hydrogens (tertiary/aromatic N) is 1. The predicted molar refractivity (Wildman–Crippen MR) is 86.5 cm³/mol. The zero-order valence-corrected chi connectivity index (χ0v) is 13.7. The first-order valence-corrected chi connectivity index (χ1v) is 8.44. The first kappa shape index (κ1) is 16.9. The fraction of sp³-hybridized carbons (Fsp3) is 0.176. The Labute approximate surface area is 135 Å².